The molecular weight excluding hydrogens is 140 g/mol. The molecule has 11 heavy (non-hydrogen) atoms. The van der Waals surface area contributed by atoms with E-state index in [1.807, 2.05) is 0 Å². The number of nitrogens with zero attached hydrogens (tertiary/aromatic N) is 1. The Bertz CT molecular complexity index is 102. The Morgan fingerprint density at radius 2 is 2.27 bits per heavy atom. The van der Waals surface area contributed by atoms with E-state index in [-0.39, 0.29) is 0 Å². The molecule has 0 aromatic rings. The van der Waals surface area contributed by atoms with Crippen LogP contribution in [-0.4, -0.2) is 44.8 Å². The van der Waals surface area contributed by atoms with E-state index in [1.54, 1.807) is 7.11 Å². The van der Waals surface area contributed by atoms with Gasteiger partial charge in [0, 0.05) is 26.7 Å². The molecule has 0 spiro atoms. The summed E-state index contributed by atoms with van der Waals surface area (Å²) >= 11 is 0. The normalized spacial score (nSPS) is 20.2. The van der Waals surface area contributed by atoms with Crippen LogP contribution >= 0.6 is 0 Å². The van der Waals surface area contributed by atoms with Crippen molar-refractivity contribution in [3.05, 3.63) is 0 Å². The molecular formula is C8H18N2O. The Morgan fingerprint density at radius 1 is 1.55 bits per heavy atom. The number of ether oxygens (including phenoxy) is 1. The lowest BCUT2D eigenvalue weighted by Gasteiger charge is -2.39. The Balaban J connectivity index is 1.92. The van der Waals surface area contributed by atoms with E-state index in [4.69, 9.17) is 10.5 Å². The summed E-state index contributed by atoms with van der Waals surface area (Å²) in [5.74, 6) is 0.858. The van der Waals surface area contributed by atoms with Gasteiger partial charge < -0.3 is 15.4 Å². The molecule has 0 atom stereocenters. The van der Waals surface area contributed by atoms with Crippen LogP contribution in [-0.2, 0) is 4.74 Å². The third-order valence-corrected chi connectivity index (χ3v) is 2.22. The largest absolute Gasteiger partial charge is 0.383 e. The van der Waals surface area contributed by atoms with Crippen molar-refractivity contribution in [2.24, 2.45) is 11.7 Å². The van der Waals surface area contributed by atoms with E-state index in [2.05, 4.69) is 4.90 Å². The molecule has 1 aliphatic heterocycles. The van der Waals surface area contributed by atoms with Gasteiger partial charge in [-0.1, -0.05) is 0 Å². The first kappa shape index (κ1) is 8.97. The lowest BCUT2D eigenvalue weighted by Crippen LogP contribution is -2.48. The highest BCUT2D eigenvalue weighted by molar-refractivity contribution is 4.79. The molecule has 0 aliphatic carbocycles. The van der Waals surface area contributed by atoms with Gasteiger partial charge in [-0.3, -0.25) is 0 Å². The standard InChI is InChI=1S/C8H18N2O/c1-11-5-4-10-6-8(7-10)2-3-9/h8H,2-7,9H2,1H3. The molecule has 1 saturated heterocycles. The van der Waals surface area contributed by atoms with Gasteiger partial charge in [-0.2, -0.15) is 0 Å². The molecule has 3 heteroatoms. The lowest BCUT2D eigenvalue weighted by atomic mass is 9.97. The second kappa shape index (κ2) is 4.70. The van der Waals surface area contributed by atoms with Crippen LogP contribution in [0.25, 0.3) is 0 Å². The summed E-state index contributed by atoms with van der Waals surface area (Å²) in [7, 11) is 1.75. The van der Waals surface area contributed by atoms with Gasteiger partial charge in [0.15, 0.2) is 0 Å². The second-order valence-corrected chi connectivity index (χ2v) is 3.20. The Kier molecular flexibility index (Phi) is 3.83. The number of methoxy groups -OCH3 is 1. The van der Waals surface area contributed by atoms with Crippen LogP contribution in [0.2, 0.25) is 0 Å². The molecule has 0 saturated carbocycles. The zero-order valence-electron chi connectivity index (χ0n) is 7.25. The maximum Gasteiger partial charge on any atom is 0.0589 e. The minimum absolute atomic E-state index is 0.836. The number of hydrogen-bond acceptors (Lipinski definition) is 3. The van der Waals surface area contributed by atoms with Crippen LogP contribution in [0.15, 0.2) is 0 Å². The van der Waals surface area contributed by atoms with Crippen LogP contribution < -0.4 is 5.73 Å². The predicted octanol–water partition coefficient (Wildman–Crippen LogP) is -0.0866. The molecule has 66 valence electrons. The molecule has 0 radical (unpaired) electrons. The highest BCUT2D eigenvalue weighted by atomic mass is 16.5. The predicted molar refractivity (Wildman–Crippen MR) is 45.5 cm³/mol. The van der Waals surface area contributed by atoms with Gasteiger partial charge in [0.2, 0.25) is 0 Å². The zero-order valence-corrected chi connectivity index (χ0v) is 7.25. The summed E-state index contributed by atoms with van der Waals surface area (Å²) in [6, 6.07) is 0. The first-order valence-electron chi connectivity index (χ1n) is 4.28. The van der Waals surface area contributed by atoms with Crippen molar-refractivity contribution in [3.63, 3.8) is 0 Å². The molecule has 0 aromatic heterocycles. The van der Waals surface area contributed by atoms with E-state index in [1.165, 1.54) is 19.5 Å². The molecule has 0 bridgehead atoms. The quantitative estimate of drug-likeness (QED) is 0.608. The SMILES string of the molecule is COCCN1CC(CCN)C1. The van der Waals surface area contributed by atoms with Gasteiger partial charge in [-0.05, 0) is 18.9 Å². The molecule has 0 amide bonds. The molecule has 2 N–H and O–H groups in total. The highest BCUT2D eigenvalue weighted by Gasteiger charge is 2.24. The average Bonchev–Trinajstić information content (AvgIpc) is 1.94. The van der Waals surface area contributed by atoms with Crippen molar-refractivity contribution in [2.45, 2.75) is 6.42 Å². The second-order valence-electron chi connectivity index (χ2n) is 3.20. The van der Waals surface area contributed by atoms with E-state index < -0.39 is 0 Å². The zero-order chi connectivity index (χ0) is 8.10. The Hall–Kier alpha value is -0.120. The maximum atomic E-state index is 5.44. The van der Waals surface area contributed by atoms with E-state index >= 15 is 0 Å². The van der Waals surface area contributed by atoms with Crippen molar-refractivity contribution >= 4 is 0 Å². The number of hydrogen-bond donors (Lipinski definition) is 1. The van der Waals surface area contributed by atoms with E-state index in [0.29, 0.717) is 0 Å². The third-order valence-electron chi connectivity index (χ3n) is 2.22. The van der Waals surface area contributed by atoms with Crippen LogP contribution in [0.5, 0.6) is 0 Å². The fraction of sp³-hybridized carbons (Fsp3) is 1.00. The average molecular weight is 158 g/mol. The monoisotopic (exact) mass is 158 g/mol. The van der Waals surface area contributed by atoms with Gasteiger partial charge in [0.1, 0.15) is 0 Å². The molecule has 0 unspecified atom stereocenters. The first-order chi connectivity index (χ1) is 5.36. The van der Waals surface area contributed by atoms with Crippen LogP contribution in [0.1, 0.15) is 6.42 Å². The number of likely N-dealkylation sites (tertiary alicyclic amines) is 1. The van der Waals surface area contributed by atoms with Crippen LogP contribution in [0, 0.1) is 5.92 Å². The minimum atomic E-state index is 0.836. The lowest BCUT2D eigenvalue weighted by molar-refractivity contribution is 0.0619. The summed E-state index contributed by atoms with van der Waals surface area (Å²) in [6.07, 6.45) is 1.18. The maximum absolute atomic E-state index is 5.44. The van der Waals surface area contributed by atoms with Crippen LogP contribution in [0.3, 0.4) is 0 Å². The number of rotatable bonds is 5. The molecule has 3 nitrogen and oxygen atoms in total. The summed E-state index contributed by atoms with van der Waals surface area (Å²) in [6.45, 7) is 5.22. The first-order valence-corrected chi connectivity index (χ1v) is 4.28. The smallest absolute Gasteiger partial charge is 0.0589 e. The summed E-state index contributed by atoms with van der Waals surface area (Å²) in [5.41, 5.74) is 5.44. The molecule has 1 heterocycles. The third kappa shape index (κ3) is 2.77. The van der Waals surface area contributed by atoms with Gasteiger partial charge >= 0.3 is 0 Å². The van der Waals surface area contributed by atoms with Crippen LogP contribution in [0.4, 0.5) is 0 Å². The van der Waals surface area contributed by atoms with Gasteiger partial charge in [-0.15, -0.1) is 0 Å². The van der Waals surface area contributed by atoms with Crippen molar-refractivity contribution in [3.8, 4) is 0 Å². The van der Waals surface area contributed by atoms with Crippen molar-refractivity contribution in [2.75, 3.05) is 39.9 Å². The fourth-order valence-electron chi connectivity index (χ4n) is 1.50. The summed E-state index contributed by atoms with van der Waals surface area (Å²) in [4.78, 5) is 2.41. The highest BCUT2D eigenvalue weighted by Crippen LogP contribution is 2.17. The minimum Gasteiger partial charge on any atom is -0.383 e. The van der Waals surface area contributed by atoms with E-state index in [9.17, 15) is 0 Å². The van der Waals surface area contributed by atoms with Crippen molar-refractivity contribution < 1.29 is 4.74 Å². The van der Waals surface area contributed by atoms with Gasteiger partial charge in [-0.25, -0.2) is 0 Å². The Labute approximate surface area is 68.5 Å². The molecule has 1 aliphatic rings. The summed E-state index contributed by atoms with van der Waals surface area (Å²) in [5, 5.41) is 0. The van der Waals surface area contributed by atoms with Gasteiger partial charge in [0.05, 0.1) is 6.61 Å². The fourth-order valence-corrected chi connectivity index (χ4v) is 1.50. The van der Waals surface area contributed by atoms with E-state index in [0.717, 1.165) is 25.6 Å². The van der Waals surface area contributed by atoms with Crippen molar-refractivity contribution in [1.29, 1.82) is 0 Å². The number of nitrogens with two attached hydrogens (primary N) is 1. The Morgan fingerprint density at radius 3 is 2.82 bits per heavy atom. The summed E-state index contributed by atoms with van der Waals surface area (Å²) < 4.78 is 4.98. The molecule has 1 fully saturated rings. The van der Waals surface area contributed by atoms with Crippen molar-refractivity contribution in [1.82, 2.24) is 4.90 Å². The molecule has 1 rings (SSSR count). The molecule has 0 aromatic carbocycles. The van der Waals surface area contributed by atoms with Gasteiger partial charge in [0.25, 0.3) is 0 Å². The topological polar surface area (TPSA) is 38.5 Å².